The largest absolute Gasteiger partial charge is 0.490 e. The highest BCUT2D eigenvalue weighted by atomic mass is 16.5. The van der Waals surface area contributed by atoms with E-state index in [0.29, 0.717) is 54.1 Å². The number of benzene rings is 2. The average molecular weight is 387 g/mol. The van der Waals surface area contributed by atoms with Crippen LogP contribution < -0.4 is 24.3 Å². The molecule has 0 unspecified atom stereocenters. The third kappa shape index (κ3) is 5.55. The smallest absolute Gasteiger partial charge is 0.256 e. The Bertz CT molecular complexity index is 761. The lowest BCUT2D eigenvalue weighted by atomic mass is 10.1. The molecule has 0 radical (unpaired) electrons. The highest BCUT2D eigenvalue weighted by Gasteiger charge is 2.19. The van der Waals surface area contributed by atoms with Crippen molar-refractivity contribution in [3.8, 4) is 23.0 Å². The standard InChI is InChI=1S/C22H29NO5/c1-6-25-19-13-16(14-20(26-7-2)21(19)27-8-3)22(24)23-17-11-9-10-12-18(17)28-15(4)5/h9-15H,6-8H2,1-5H3,(H,23,24). The van der Waals surface area contributed by atoms with Crippen molar-refractivity contribution in [3.63, 3.8) is 0 Å². The quantitative estimate of drug-likeness (QED) is 0.627. The lowest BCUT2D eigenvalue weighted by Crippen LogP contribution is -2.15. The Morgan fingerprint density at radius 2 is 1.46 bits per heavy atom. The molecule has 28 heavy (non-hydrogen) atoms. The van der Waals surface area contributed by atoms with Gasteiger partial charge in [0.05, 0.1) is 31.6 Å². The van der Waals surface area contributed by atoms with Crippen LogP contribution >= 0.6 is 0 Å². The average Bonchev–Trinajstić information content (AvgIpc) is 2.65. The molecule has 0 aromatic heterocycles. The third-order valence-electron chi connectivity index (χ3n) is 3.67. The zero-order valence-corrected chi connectivity index (χ0v) is 17.2. The van der Waals surface area contributed by atoms with Gasteiger partial charge in [-0.3, -0.25) is 4.79 Å². The van der Waals surface area contributed by atoms with E-state index < -0.39 is 0 Å². The zero-order chi connectivity index (χ0) is 20.5. The first kappa shape index (κ1) is 21.4. The van der Waals surface area contributed by atoms with Crippen molar-refractivity contribution in [1.29, 1.82) is 0 Å². The van der Waals surface area contributed by atoms with Gasteiger partial charge in [0.15, 0.2) is 11.5 Å². The molecule has 0 fully saturated rings. The normalized spacial score (nSPS) is 10.5. The topological polar surface area (TPSA) is 66.0 Å². The fourth-order valence-corrected chi connectivity index (χ4v) is 2.64. The number of carbonyl (C=O) groups excluding carboxylic acids is 1. The van der Waals surface area contributed by atoms with Gasteiger partial charge in [0.1, 0.15) is 5.75 Å². The minimum Gasteiger partial charge on any atom is -0.490 e. The van der Waals surface area contributed by atoms with E-state index in [1.54, 1.807) is 18.2 Å². The minimum absolute atomic E-state index is 0.00218. The first-order chi connectivity index (χ1) is 13.5. The summed E-state index contributed by atoms with van der Waals surface area (Å²) in [6, 6.07) is 10.7. The molecule has 6 nitrogen and oxygen atoms in total. The molecule has 0 aliphatic heterocycles. The second-order valence-electron chi connectivity index (χ2n) is 6.22. The first-order valence-electron chi connectivity index (χ1n) is 9.63. The van der Waals surface area contributed by atoms with Crippen LogP contribution in [-0.2, 0) is 0 Å². The summed E-state index contributed by atoms with van der Waals surface area (Å²) in [6.07, 6.45) is -0.00218. The van der Waals surface area contributed by atoms with E-state index in [4.69, 9.17) is 18.9 Å². The van der Waals surface area contributed by atoms with E-state index in [-0.39, 0.29) is 12.0 Å². The summed E-state index contributed by atoms with van der Waals surface area (Å²) in [5.74, 6) is 1.79. The Morgan fingerprint density at radius 1 is 0.893 bits per heavy atom. The molecule has 0 aliphatic carbocycles. The van der Waals surface area contributed by atoms with Gasteiger partial charge in [-0.25, -0.2) is 0 Å². The summed E-state index contributed by atoms with van der Waals surface area (Å²) in [5.41, 5.74) is 1.01. The number of nitrogens with one attached hydrogen (secondary N) is 1. The molecule has 1 amide bonds. The molecule has 2 aromatic rings. The van der Waals surface area contributed by atoms with Crippen molar-refractivity contribution in [2.75, 3.05) is 25.1 Å². The van der Waals surface area contributed by atoms with Gasteiger partial charge in [0.2, 0.25) is 5.75 Å². The molecule has 2 aromatic carbocycles. The molecule has 0 bridgehead atoms. The molecule has 6 heteroatoms. The van der Waals surface area contributed by atoms with Crippen LogP contribution in [0.1, 0.15) is 45.0 Å². The highest BCUT2D eigenvalue weighted by molar-refractivity contribution is 6.05. The monoisotopic (exact) mass is 387 g/mol. The second-order valence-corrected chi connectivity index (χ2v) is 6.22. The fraction of sp³-hybridized carbons (Fsp3) is 0.409. The number of amides is 1. The highest BCUT2D eigenvalue weighted by Crippen LogP contribution is 2.39. The van der Waals surface area contributed by atoms with Gasteiger partial charge in [-0.1, -0.05) is 12.1 Å². The number of carbonyl (C=O) groups is 1. The summed E-state index contributed by atoms with van der Waals surface area (Å²) >= 11 is 0. The van der Waals surface area contributed by atoms with Gasteiger partial charge in [-0.05, 0) is 58.9 Å². The van der Waals surface area contributed by atoms with Crippen LogP contribution in [0.4, 0.5) is 5.69 Å². The molecule has 0 spiro atoms. The summed E-state index contributed by atoms with van der Waals surface area (Å²) in [6.45, 7) is 10.9. The number of ether oxygens (including phenoxy) is 4. The number of anilines is 1. The molecule has 1 N–H and O–H groups in total. The summed E-state index contributed by atoms with van der Waals surface area (Å²) < 4.78 is 22.8. The third-order valence-corrected chi connectivity index (χ3v) is 3.67. The molecule has 2 rings (SSSR count). The van der Waals surface area contributed by atoms with Crippen LogP contribution in [0.5, 0.6) is 23.0 Å². The lowest BCUT2D eigenvalue weighted by molar-refractivity contribution is 0.102. The van der Waals surface area contributed by atoms with E-state index in [2.05, 4.69) is 5.32 Å². The van der Waals surface area contributed by atoms with Crippen LogP contribution in [-0.4, -0.2) is 31.8 Å². The minimum atomic E-state index is -0.287. The van der Waals surface area contributed by atoms with Crippen LogP contribution in [0.15, 0.2) is 36.4 Å². The Kier molecular flexibility index (Phi) is 7.99. The van der Waals surface area contributed by atoms with Gasteiger partial charge in [0.25, 0.3) is 5.91 Å². The summed E-state index contributed by atoms with van der Waals surface area (Å²) in [5, 5.41) is 2.91. The Labute approximate surface area is 166 Å². The molecule has 0 saturated heterocycles. The predicted octanol–water partition coefficient (Wildman–Crippen LogP) is 4.92. The van der Waals surface area contributed by atoms with Crippen molar-refractivity contribution in [3.05, 3.63) is 42.0 Å². The van der Waals surface area contributed by atoms with E-state index in [1.165, 1.54) is 0 Å². The Balaban J connectivity index is 2.37. The van der Waals surface area contributed by atoms with E-state index in [0.717, 1.165) is 0 Å². The van der Waals surface area contributed by atoms with Crippen molar-refractivity contribution in [1.82, 2.24) is 0 Å². The van der Waals surface area contributed by atoms with Crippen molar-refractivity contribution in [2.24, 2.45) is 0 Å². The van der Waals surface area contributed by atoms with E-state index in [9.17, 15) is 4.79 Å². The maximum atomic E-state index is 12.9. The molecule has 0 heterocycles. The molecule has 0 atom stereocenters. The SMILES string of the molecule is CCOc1cc(C(=O)Nc2ccccc2OC(C)C)cc(OCC)c1OCC. The predicted molar refractivity (Wildman–Crippen MR) is 110 cm³/mol. The Hall–Kier alpha value is -2.89. The molecule has 0 saturated carbocycles. The molecular weight excluding hydrogens is 358 g/mol. The van der Waals surface area contributed by atoms with Gasteiger partial charge < -0.3 is 24.3 Å². The second kappa shape index (κ2) is 10.4. The van der Waals surface area contributed by atoms with Crippen molar-refractivity contribution in [2.45, 2.75) is 40.7 Å². The van der Waals surface area contributed by atoms with Crippen LogP contribution in [0.25, 0.3) is 0 Å². The molecular formula is C22H29NO5. The maximum absolute atomic E-state index is 12.9. The van der Waals surface area contributed by atoms with Gasteiger partial charge >= 0.3 is 0 Å². The van der Waals surface area contributed by atoms with Gasteiger partial charge in [0, 0.05) is 5.56 Å². The van der Waals surface area contributed by atoms with Crippen LogP contribution in [0.3, 0.4) is 0 Å². The number of hydrogen-bond donors (Lipinski definition) is 1. The van der Waals surface area contributed by atoms with Crippen molar-refractivity contribution >= 4 is 11.6 Å². The van der Waals surface area contributed by atoms with Gasteiger partial charge in [-0.15, -0.1) is 0 Å². The van der Waals surface area contributed by atoms with Crippen molar-refractivity contribution < 1.29 is 23.7 Å². The summed E-state index contributed by atoms with van der Waals surface area (Å²) in [4.78, 5) is 12.9. The fourth-order valence-electron chi connectivity index (χ4n) is 2.64. The molecule has 152 valence electrons. The lowest BCUT2D eigenvalue weighted by Gasteiger charge is -2.18. The number of para-hydroxylation sites is 2. The summed E-state index contributed by atoms with van der Waals surface area (Å²) in [7, 11) is 0. The molecule has 0 aliphatic rings. The van der Waals surface area contributed by atoms with Crippen LogP contribution in [0, 0.1) is 0 Å². The Morgan fingerprint density at radius 3 is 2.00 bits per heavy atom. The zero-order valence-electron chi connectivity index (χ0n) is 17.2. The number of rotatable bonds is 10. The van der Waals surface area contributed by atoms with Crippen LogP contribution in [0.2, 0.25) is 0 Å². The van der Waals surface area contributed by atoms with E-state index in [1.807, 2.05) is 52.8 Å². The first-order valence-corrected chi connectivity index (χ1v) is 9.63. The number of hydrogen-bond acceptors (Lipinski definition) is 5. The van der Waals surface area contributed by atoms with E-state index >= 15 is 0 Å². The van der Waals surface area contributed by atoms with Gasteiger partial charge in [-0.2, -0.15) is 0 Å². The maximum Gasteiger partial charge on any atom is 0.256 e.